The van der Waals surface area contributed by atoms with Crippen LogP contribution in [0, 0.1) is 13.8 Å². The molecule has 15 heavy (non-hydrogen) atoms. The molecule has 1 aliphatic rings. The summed E-state index contributed by atoms with van der Waals surface area (Å²) in [6.07, 6.45) is 0. The van der Waals surface area contributed by atoms with Crippen molar-refractivity contribution in [1.29, 1.82) is 0 Å². The van der Waals surface area contributed by atoms with Gasteiger partial charge in [-0.3, -0.25) is 0 Å². The molecular weight excluding hydrogens is 321 g/mol. The predicted octanol–water partition coefficient (Wildman–Crippen LogP) is 2.31. The first-order valence-electron chi connectivity index (χ1n) is 5.01. The van der Waals surface area contributed by atoms with Crippen LogP contribution in [-0.2, 0) is 5.75 Å². The molecular formula is C10H16IN3S. The van der Waals surface area contributed by atoms with Crippen LogP contribution in [0.15, 0.2) is 6.07 Å². The van der Waals surface area contributed by atoms with Crippen molar-refractivity contribution in [3.63, 3.8) is 0 Å². The van der Waals surface area contributed by atoms with Gasteiger partial charge in [0.05, 0.1) is 0 Å². The summed E-state index contributed by atoms with van der Waals surface area (Å²) in [4.78, 5) is 8.76. The second-order valence-corrected chi connectivity index (χ2v) is 13.0. The molecule has 3 nitrogen and oxygen atoms in total. The maximum absolute atomic E-state index is 4.47. The Morgan fingerprint density at radius 1 is 1.47 bits per heavy atom. The summed E-state index contributed by atoms with van der Waals surface area (Å²) in [6.45, 7) is 5.25. The molecule has 0 atom stereocenters. The van der Waals surface area contributed by atoms with E-state index in [0.717, 1.165) is 17.3 Å². The van der Waals surface area contributed by atoms with E-state index in [9.17, 15) is 0 Å². The van der Waals surface area contributed by atoms with Crippen LogP contribution in [0.25, 0.3) is 0 Å². The van der Waals surface area contributed by atoms with Gasteiger partial charge in [-0.1, -0.05) is 0 Å². The number of rotatable bonds is 3. The Hall–Kier alpha value is 0.120. The molecule has 0 aromatic carbocycles. The molecule has 1 saturated heterocycles. The van der Waals surface area contributed by atoms with E-state index < -0.39 is 18.4 Å². The number of aryl methyl sites for hydroxylation is 2. The zero-order chi connectivity index (χ0) is 10.7. The van der Waals surface area contributed by atoms with Gasteiger partial charge in [0.15, 0.2) is 0 Å². The van der Waals surface area contributed by atoms with E-state index in [-0.39, 0.29) is 0 Å². The number of hydrogen-bond acceptors (Lipinski definition) is 4. The number of halogens is 1. The summed E-state index contributed by atoms with van der Waals surface area (Å²) in [5.41, 5.74) is 2.29. The summed E-state index contributed by atoms with van der Waals surface area (Å²) in [6, 6.07) is 2.11. The molecule has 1 aliphatic heterocycles. The fraction of sp³-hybridized carbons (Fsp3) is 0.600. The molecule has 0 radical (unpaired) electrons. The van der Waals surface area contributed by atoms with Gasteiger partial charge in [-0.25, -0.2) is 0 Å². The molecule has 84 valence electrons. The first kappa shape index (κ1) is 11.6. The van der Waals surface area contributed by atoms with Crippen molar-refractivity contribution in [1.82, 2.24) is 15.3 Å². The predicted molar refractivity (Wildman–Crippen MR) is 74.6 cm³/mol. The van der Waals surface area contributed by atoms with Crippen LogP contribution in [-0.4, -0.2) is 25.5 Å². The molecule has 5 heteroatoms. The Morgan fingerprint density at radius 2 is 2.33 bits per heavy atom. The summed E-state index contributed by atoms with van der Waals surface area (Å²) in [5.74, 6) is 1.98. The Bertz CT molecular complexity index is 319. The fourth-order valence-electron chi connectivity index (χ4n) is 1.51. The zero-order valence-corrected chi connectivity index (χ0v) is 12.1. The first-order chi connectivity index (χ1) is 7.24. The van der Waals surface area contributed by atoms with Crippen molar-refractivity contribution in [2.75, 3.05) is 15.5 Å². The quantitative estimate of drug-likeness (QED) is 0.522. The summed E-state index contributed by atoms with van der Waals surface area (Å²) in [5, 5.41) is 3.45. The van der Waals surface area contributed by atoms with Crippen LogP contribution in [0.3, 0.4) is 0 Å². The minimum atomic E-state index is -0.704. The van der Waals surface area contributed by atoms with E-state index in [1.165, 1.54) is 21.2 Å². The number of nitrogens with one attached hydrogen (secondary N) is 1. The van der Waals surface area contributed by atoms with E-state index in [2.05, 4.69) is 30.3 Å². The third-order valence-corrected chi connectivity index (χ3v) is 11.3. The standard InChI is InChI=1S/C10H16IN3S/c1-8-5-10(14-9(2)13-8)6-15-11-3-4-12-7-11/h5,12H,3-4,6-7H2,1-2H3. The van der Waals surface area contributed by atoms with Gasteiger partial charge in [0, 0.05) is 0 Å². The molecule has 1 N–H and O–H groups in total. The molecule has 1 fully saturated rings. The fourth-order valence-corrected chi connectivity index (χ4v) is 9.36. The first-order valence-corrected chi connectivity index (χ1v) is 11.6. The third kappa shape index (κ3) is 3.57. The van der Waals surface area contributed by atoms with Gasteiger partial charge < -0.3 is 0 Å². The van der Waals surface area contributed by atoms with E-state index in [0.29, 0.717) is 0 Å². The van der Waals surface area contributed by atoms with Gasteiger partial charge in [0.2, 0.25) is 0 Å². The van der Waals surface area contributed by atoms with Crippen molar-refractivity contribution in [2.45, 2.75) is 19.6 Å². The van der Waals surface area contributed by atoms with Crippen molar-refractivity contribution in [2.24, 2.45) is 0 Å². The minimum absolute atomic E-state index is 0.704. The van der Waals surface area contributed by atoms with Crippen LogP contribution >= 0.6 is 27.4 Å². The van der Waals surface area contributed by atoms with Crippen LogP contribution < -0.4 is 5.32 Å². The maximum atomic E-state index is 4.47. The van der Waals surface area contributed by atoms with Crippen LogP contribution in [0.5, 0.6) is 0 Å². The average Bonchev–Trinajstić information content (AvgIpc) is 2.65. The summed E-state index contributed by atoms with van der Waals surface area (Å²) < 4.78 is 2.75. The number of alkyl halides is 2. The molecule has 1 aromatic rings. The van der Waals surface area contributed by atoms with Gasteiger partial charge in [-0.2, -0.15) is 0 Å². The molecule has 0 amide bonds. The van der Waals surface area contributed by atoms with Crippen LogP contribution in [0.4, 0.5) is 0 Å². The van der Waals surface area contributed by atoms with Gasteiger partial charge in [-0.15, -0.1) is 0 Å². The van der Waals surface area contributed by atoms with Gasteiger partial charge >= 0.3 is 101 Å². The van der Waals surface area contributed by atoms with Crippen molar-refractivity contribution >= 4 is 27.4 Å². The molecule has 0 spiro atoms. The molecule has 1 aromatic heterocycles. The van der Waals surface area contributed by atoms with Gasteiger partial charge in [-0.05, 0) is 0 Å². The monoisotopic (exact) mass is 337 g/mol. The Balaban J connectivity index is 1.92. The Morgan fingerprint density at radius 3 is 3.00 bits per heavy atom. The van der Waals surface area contributed by atoms with E-state index in [4.69, 9.17) is 0 Å². The number of aromatic nitrogens is 2. The molecule has 2 rings (SSSR count). The topological polar surface area (TPSA) is 37.8 Å². The van der Waals surface area contributed by atoms with Gasteiger partial charge in [0.25, 0.3) is 0 Å². The van der Waals surface area contributed by atoms with E-state index in [1.54, 1.807) is 0 Å². The normalized spacial score (nSPS) is 18.4. The summed E-state index contributed by atoms with van der Waals surface area (Å²) in [7, 11) is 2.16. The SMILES string of the molecule is Cc1cc(CSI2CCNC2)nc(C)n1. The van der Waals surface area contributed by atoms with Crippen LogP contribution in [0.2, 0.25) is 0 Å². The molecule has 0 aliphatic carbocycles. The van der Waals surface area contributed by atoms with Gasteiger partial charge in [0.1, 0.15) is 0 Å². The second kappa shape index (κ2) is 5.45. The molecule has 2 heterocycles. The Kier molecular flexibility index (Phi) is 4.21. The zero-order valence-electron chi connectivity index (χ0n) is 9.09. The molecule has 0 saturated carbocycles. The molecule has 0 unspecified atom stereocenters. The van der Waals surface area contributed by atoms with E-state index in [1.807, 2.05) is 13.8 Å². The Labute approximate surface area is 101 Å². The van der Waals surface area contributed by atoms with E-state index >= 15 is 0 Å². The van der Waals surface area contributed by atoms with Crippen molar-refractivity contribution < 1.29 is 0 Å². The van der Waals surface area contributed by atoms with Crippen LogP contribution in [0.1, 0.15) is 17.2 Å². The number of nitrogens with zero attached hydrogens (tertiary/aromatic N) is 2. The number of hydrogen-bond donors (Lipinski definition) is 1. The average molecular weight is 337 g/mol. The second-order valence-electron chi connectivity index (χ2n) is 3.53. The molecule has 0 bridgehead atoms. The van der Waals surface area contributed by atoms with Crippen molar-refractivity contribution in [3.05, 3.63) is 23.3 Å². The summed E-state index contributed by atoms with van der Waals surface area (Å²) >= 11 is -0.704. The van der Waals surface area contributed by atoms with Crippen molar-refractivity contribution in [3.8, 4) is 0 Å². The third-order valence-electron chi connectivity index (χ3n) is 2.10.